The highest BCUT2D eigenvalue weighted by Crippen LogP contribution is 2.34. The zero-order valence-electron chi connectivity index (χ0n) is 16.2. The van der Waals surface area contributed by atoms with Gasteiger partial charge in [-0.2, -0.15) is 0 Å². The fraction of sp³-hybridized carbons (Fsp3) is 0.409. The van der Waals surface area contributed by atoms with Crippen LogP contribution in [0, 0.1) is 0 Å². The molecule has 150 valence electrons. The number of rotatable bonds is 7. The summed E-state index contributed by atoms with van der Waals surface area (Å²) in [5, 5.41) is 12.2. The van der Waals surface area contributed by atoms with Gasteiger partial charge in [-0.15, -0.1) is 5.10 Å². The smallest absolute Gasteiger partial charge is 0.131 e. The monoisotopic (exact) mass is 391 g/mol. The minimum absolute atomic E-state index is 0.0000871. The van der Waals surface area contributed by atoms with E-state index in [-0.39, 0.29) is 24.3 Å². The van der Waals surface area contributed by atoms with Gasteiger partial charge in [-0.25, -0.2) is 4.68 Å². The van der Waals surface area contributed by atoms with Gasteiger partial charge in [0.05, 0.1) is 31.1 Å². The SMILES string of the molecule is c1ccc(CCCN[C@H]2CO[C@H]3[C@@H]2OC[C@@H]3n2cc(-c3ccccn3)nn2)cc1. The molecule has 7 heteroatoms. The van der Waals surface area contributed by atoms with Gasteiger partial charge in [0.1, 0.15) is 23.9 Å². The highest BCUT2D eigenvalue weighted by atomic mass is 16.6. The highest BCUT2D eigenvalue weighted by molar-refractivity contribution is 5.51. The Hall–Kier alpha value is -2.61. The van der Waals surface area contributed by atoms with E-state index in [0.29, 0.717) is 13.2 Å². The number of nitrogens with one attached hydrogen (secondary N) is 1. The average Bonchev–Trinajstić information content (AvgIpc) is 3.50. The van der Waals surface area contributed by atoms with Crippen molar-refractivity contribution < 1.29 is 9.47 Å². The van der Waals surface area contributed by atoms with Crippen LogP contribution in [0.5, 0.6) is 0 Å². The number of pyridine rings is 1. The van der Waals surface area contributed by atoms with Gasteiger partial charge >= 0.3 is 0 Å². The molecule has 2 saturated heterocycles. The van der Waals surface area contributed by atoms with Crippen LogP contribution in [0.2, 0.25) is 0 Å². The third-order valence-electron chi connectivity index (χ3n) is 5.70. The average molecular weight is 391 g/mol. The van der Waals surface area contributed by atoms with Gasteiger partial charge in [0, 0.05) is 6.20 Å². The molecule has 0 spiro atoms. The van der Waals surface area contributed by atoms with Crippen LogP contribution in [0.4, 0.5) is 0 Å². The molecular formula is C22H25N5O2. The van der Waals surface area contributed by atoms with E-state index in [1.807, 2.05) is 29.1 Å². The van der Waals surface area contributed by atoms with Gasteiger partial charge in [0.15, 0.2) is 0 Å². The molecule has 4 atom stereocenters. The van der Waals surface area contributed by atoms with Crippen molar-refractivity contribution >= 4 is 0 Å². The van der Waals surface area contributed by atoms with Gasteiger partial charge in [0.25, 0.3) is 0 Å². The third kappa shape index (κ3) is 3.94. The lowest BCUT2D eigenvalue weighted by Crippen LogP contribution is -2.41. The molecule has 4 heterocycles. The van der Waals surface area contributed by atoms with Crippen LogP contribution >= 0.6 is 0 Å². The minimum Gasteiger partial charge on any atom is -0.371 e. The van der Waals surface area contributed by atoms with Gasteiger partial charge in [-0.1, -0.05) is 41.6 Å². The molecule has 1 N–H and O–H groups in total. The van der Waals surface area contributed by atoms with Gasteiger partial charge in [-0.05, 0) is 37.1 Å². The Balaban J connectivity index is 1.16. The summed E-state index contributed by atoms with van der Waals surface area (Å²) in [6.07, 6.45) is 5.92. The Morgan fingerprint density at radius 3 is 2.69 bits per heavy atom. The van der Waals surface area contributed by atoms with E-state index >= 15 is 0 Å². The Bertz CT molecular complexity index is 917. The quantitative estimate of drug-likeness (QED) is 0.623. The number of aryl methyl sites for hydroxylation is 1. The van der Waals surface area contributed by atoms with Gasteiger partial charge in [-0.3, -0.25) is 4.98 Å². The first-order chi connectivity index (χ1) is 14.4. The molecule has 0 unspecified atom stereocenters. The zero-order chi connectivity index (χ0) is 19.5. The Kier molecular flexibility index (Phi) is 5.34. The lowest BCUT2D eigenvalue weighted by atomic mass is 10.1. The lowest BCUT2D eigenvalue weighted by Gasteiger charge is -2.17. The van der Waals surface area contributed by atoms with Crippen molar-refractivity contribution in [1.82, 2.24) is 25.3 Å². The molecule has 2 aliphatic rings. The van der Waals surface area contributed by atoms with Crippen molar-refractivity contribution in [3.8, 4) is 11.4 Å². The molecule has 2 fully saturated rings. The highest BCUT2D eigenvalue weighted by Gasteiger charge is 2.48. The van der Waals surface area contributed by atoms with Crippen molar-refractivity contribution in [2.75, 3.05) is 19.8 Å². The molecule has 0 aliphatic carbocycles. The lowest BCUT2D eigenvalue weighted by molar-refractivity contribution is 0.0620. The van der Waals surface area contributed by atoms with Crippen LogP contribution in [0.25, 0.3) is 11.4 Å². The predicted molar refractivity (Wildman–Crippen MR) is 108 cm³/mol. The molecule has 7 nitrogen and oxygen atoms in total. The van der Waals surface area contributed by atoms with Crippen molar-refractivity contribution in [3.63, 3.8) is 0 Å². The molecule has 0 radical (unpaired) electrons. The molecule has 0 bridgehead atoms. The molecule has 29 heavy (non-hydrogen) atoms. The van der Waals surface area contributed by atoms with Crippen LogP contribution in [-0.2, 0) is 15.9 Å². The number of hydrogen-bond acceptors (Lipinski definition) is 6. The van der Waals surface area contributed by atoms with Crippen LogP contribution in [-0.4, -0.2) is 58.0 Å². The van der Waals surface area contributed by atoms with Gasteiger partial charge < -0.3 is 14.8 Å². The normalized spacial score (nSPS) is 25.9. The second-order valence-electron chi connectivity index (χ2n) is 7.61. The molecule has 2 aliphatic heterocycles. The number of hydrogen-bond donors (Lipinski definition) is 1. The molecule has 2 aromatic heterocycles. The predicted octanol–water partition coefficient (Wildman–Crippen LogP) is 2.27. The summed E-state index contributed by atoms with van der Waals surface area (Å²) in [6.45, 7) is 2.20. The molecule has 0 saturated carbocycles. The molecular weight excluding hydrogens is 366 g/mol. The summed E-state index contributed by atoms with van der Waals surface area (Å²) in [6, 6.07) is 16.6. The van der Waals surface area contributed by atoms with Crippen molar-refractivity contribution in [1.29, 1.82) is 0 Å². The standard InChI is InChI=1S/C22H25N5O2/c1-2-7-16(8-3-1)9-6-12-24-19-14-28-22-20(15-29-21(19)22)27-13-18(25-26-27)17-10-4-5-11-23-17/h1-5,7-8,10-11,13,19-22,24H,6,9,12,14-15H2/t19-,20-,21+,22+/m0/s1. The molecule has 3 aromatic rings. The van der Waals surface area contributed by atoms with E-state index in [4.69, 9.17) is 9.47 Å². The number of benzene rings is 1. The Morgan fingerprint density at radius 1 is 0.966 bits per heavy atom. The molecule has 5 rings (SSSR count). The maximum Gasteiger partial charge on any atom is 0.131 e. The largest absolute Gasteiger partial charge is 0.371 e. The van der Waals surface area contributed by atoms with Crippen molar-refractivity contribution in [3.05, 3.63) is 66.5 Å². The summed E-state index contributed by atoms with van der Waals surface area (Å²) >= 11 is 0. The van der Waals surface area contributed by atoms with Crippen LogP contribution in [0.3, 0.4) is 0 Å². The van der Waals surface area contributed by atoms with Crippen LogP contribution < -0.4 is 5.32 Å². The summed E-state index contributed by atoms with van der Waals surface area (Å²) < 4.78 is 14.1. The maximum atomic E-state index is 6.10. The van der Waals surface area contributed by atoms with E-state index in [1.54, 1.807) is 6.20 Å². The van der Waals surface area contributed by atoms with E-state index < -0.39 is 0 Å². The first-order valence-electron chi connectivity index (χ1n) is 10.2. The number of ether oxygens (including phenoxy) is 2. The van der Waals surface area contributed by atoms with E-state index in [9.17, 15) is 0 Å². The summed E-state index contributed by atoms with van der Waals surface area (Å²) in [4.78, 5) is 4.34. The molecule has 1 aromatic carbocycles. The Labute approximate surface area is 170 Å². The topological polar surface area (TPSA) is 74.1 Å². The summed E-state index contributed by atoms with van der Waals surface area (Å²) in [5.74, 6) is 0. The van der Waals surface area contributed by atoms with E-state index in [2.05, 4.69) is 50.9 Å². The van der Waals surface area contributed by atoms with Crippen molar-refractivity contribution in [2.24, 2.45) is 0 Å². The fourth-order valence-corrected chi connectivity index (χ4v) is 4.18. The first kappa shape index (κ1) is 18.4. The first-order valence-corrected chi connectivity index (χ1v) is 10.2. The minimum atomic E-state index is -0.0000871. The molecule has 0 amide bonds. The summed E-state index contributed by atoms with van der Waals surface area (Å²) in [5.41, 5.74) is 2.96. The second-order valence-corrected chi connectivity index (χ2v) is 7.61. The van der Waals surface area contributed by atoms with E-state index in [1.165, 1.54) is 5.56 Å². The number of fused-ring (bicyclic) bond motifs is 1. The van der Waals surface area contributed by atoms with Crippen molar-refractivity contribution in [2.45, 2.75) is 37.1 Å². The number of aromatic nitrogens is 4. The number of nitrogens with zero attached hydrogens (tertiary/aromatic N) is 4. The third-order valence-corrected chi connectivity index (χ3v) is 5.70. The summed E-state index contributed by atoms with van der Waals surface area (Å²) in [7, 11) is 0. The second kappa shape index (κ2) is 8.41. The van der Waals surface area contributed by atoms with Crippen LogP contribution in [0.1, 0.15) is 18.0 Å². The maximum absolute atomic E-state index is 6.10. The van der Waals surface area contributed by atoms with E-state index in [0.717, 1.165) is 30.8 Å². The van der Waals surface area contributed by atoms with Gasteiger partial charge in [0.2, 0.25) is 0 Å². The van der Waals surface area contributed by atoms with Crippen LogP contribution in [0.15, 0.2) is 60.9 Å². The fourth-order valence-electron chi connectivity index (χ4n) is 4.18. The Morgan fingerprint density at radius 2 is 1.83 bits per heavy atom. The zero-order valence-corrected chi connectivity index (χ0v) is 16.2.